The fourth-order valence-electron chi connectivity index (χ4n) is 1.81. The normalized spacial score (nSPS) is 19.8. The van der Waals surface area contributed by atoms with Gasteiger partial charge in [0.1, 0.15) is 5.69 Å². The number of aliphatic hydroxyl groups is 1. The molecule has 1 aromatic rings. The predicted octanol–water partition coefficient (Wildman–Crippen LogP) is -2.10. The lowest BCUT2D eigenvalue weighted by molar-refractivity contribution is -0.0186. The first-order chi connectivity index (χ1) is 8.61. The number of amides is 1. The van der Waals surface area contributed by atoms with E-state index in [1.54, 1.807) is 0 Å². The van der Waals surface area contributed by atoms with Crippen LogP contribution in [0, 0.1) is 0 Å². The summed E-state index contributed by atoms with van der Waals surface area (Å²) < 4.78 is 5.14. The van der Waals surface area contributed by atoms with Gasteiger partial charge in [-0.3, -0.25) is 14.6 Å². The molecule has 0 saturated carbocycles. The van der Waals surface area contributed by atoms with Gasteiger partial charge in [0.15, 0.2) is 0 Å². The summed E-state index contributed by atoms with van der Waals surface area (Å²) in [5.74, 6) is -0.499. The molecule has 1 aromatic heterocycles. The van der Waals surface area contributed by atoms with Crippen LogP contribution in [0.15, 0.2) is 15.7 Å². The number of carbonyl (C=O) groups is 1. The summed E-state index contributed by atoms with van der Waals surface area (Å²) in [6, 6.07) is 0.558. The number of hydrogen-bond acceptors (Lipinski definition) is 5. The average molecular weight is 255 g/mol. The molecule has 1 atom stereocenters. The van der Waals surface area contributed by atoms with Gasteiger partial charge in [-0.2, -0.15) is 0 Å². The van der Waals surface area contributed by atoms with Gasteiger partial charge in [-0.1, -0.05) is 0 Å². The van der Waals surface area contributed by atoms with Crippen molar-refractivity contribution in [3.63, 3.8) is 0 Å². The second-order valence-electron chi connectivity index (χ2n) is 3.91. The van der Waals surface area contributed by atoms with Crippen LogP contribution in [0.4, 0.5) is 0 Å². The molecule has 8 heteroatoms. The minimum atomic E-state index is -0.736. The van der Waals surface area contributed by atoms with Crippen LogP contribution in [0.3, 0.4) is 0 Å². The number of H-pyrrole nitrogens is 2. The van der Waals surface area contributed by atoms with E-state index in [0.717, 1.165) is 6.07 Å². The number of carbonyl (C=O) groups excluding carboxylic acids is 1. The summed E-state index contributed by atoms with van der Waals surface area (Å²) in [6.07, 6.45) is 0. The van der Waals surface area contributed by atoms with Crippen LogP contribution in [-0.4, -0.2) is 58.3 Å². The highest BCUT2D eigenvalue weighted by Gasteiger charge is 2.28. The SMILES string of the molecule is O=C(c1cc(=O)[nH]c(=O)[nH]1)N1CCOCC1CO. The van der Waals surface area contributed by atoms with Crippen molar-refractivity contribution in [3.8, 4) is 0 Å². The van der Waals surface area contributed by atoms with Gasteiger partial charge >= 0.3 is 5.69 Å². The van der Waals surface area contributed by atoms with Gasteiger partial charge in [-0.05, 0) is 0 Å². The van der Waals surface area contributed by atoms with Gasteiger partial charge in [-0.25, -0.2) is 4.79 Å². The van der Waals surface area contributed by atoms with Crippen LogP contribution >= 0.6 is 0 Å². The number of rotatable bonds is 2. The molecule has 98 valence electrons. The van der Waals surface area contributed by atoms with E-state index in [9.17, 15) is 14.4 Å². The lowest BCUT2D eigenvalue weighted by Crippen LogP contribution is -2.51. The number of aromatic nitrogens is 2. The predicted molar refractivity (Wildman–Crippen MR) is 60.4 cm³/mol. The Morgan fingerprint density at radius 3 is 2.94 bits per heavy atom. The van der Waals surface area contributed by atoms with Crippen molar-refractivity contribution in [1.82, 2.24) is 14.9 Å². The molecular formula is C10H13N3O5. The van der Waals surface area contributed by atoms with Crippen LogP contribution in [0.1, 0.15) is 10.5 Å². The largest absolute Gasteiger partial charge is 0.394 e. The second kappa shape index (κ2) is 5.15. The topological polar surface area (TPSA) is 115 Å². The molecule has 0 radical (unpaired) electrons. The molecule has 8 nitrogen and oxygen atoms in total. The minimum absolute atomic E-state index is 0.0934. The number of nitrogens with one attached hydrogen (secondary N) is 2. The Hall–Kier alpha value is -1.93. The van der Waals surface area contributed by atoms with E-state index < -0.39 is 23.2 Å². The zero-order chi connectivity index (χ0) is 13.1. The molecule has 0 bridgehead atoms. The van der Waals surface area contributed by atoms with E-state index in [1.165, 1.54) is 4.90 Å². The van der Waals surface area contributed by atoms with Crippen LogP contribution in [-0.2, 0) is 4.74 Å². The minimum Gasteiger partial charge on any atom is -0.394 e. The molecule has 0 aliphatic carbocycles. The van der Waals surface area contributed by atoms with Gasteiger partial charge < -0.3 is 19.7 Å². The number of aliphatic hydroxyl groups excluding tert-OH is 1. The van der Waals surface area contributed by atoms with Crippen molar-refractivity contribution >= 4 is 5.91 Å². The lowest BCUT2D eigenvalue weighted by atomic mass is 10.2. The molecule has 1 saturated heterocycles. The molecule has 1 unspecified atom stereocenters. The summed E-state index contributed by atoms with van der Waals surface area (Å²) in [7, 11) is 0. The highest BCUT2D eigenvalue weighted by Crippen LogP contribution is 2.09. The van der Waals surface area contributed by atoms with Crippen molar-refractivity contribution in [2.24, 2.45) is 0 Å². The smallest absolute Gasteiger partial charge is 0.326 e. The van der Waals surface area contributed by atoms with E-state index in [1.807, 2.05) is 4.98 Å². The van der Waals surface area contributed by atoms with Crippen molar-refractivity contribution in [2.75, 3.05) is 26.4 Å². The van der Waals surface area contributed by atoms with Gasteiger partial charge in [-0.15, -0.1) is 0 Å². The molecule has 2 heterocycles. The number of morpholine rings is 1. The standard InChI is InChI=1S/C10H13N3O5/c14-4-6-5-18-2-1-13(6)9(16)7-3-8(15)12-10(17)11-7/h3,6,14H,1-2,4-5H2,(H2,11,12,15,17). The van der Waals surface area contributed by atoms with Gasteiger partial charge in [0.05, 0.1) is 25.9 Å². The summed E-state index contributed by atoms with van der Waals surface area (Å²) in [6.45, 7) is 0.656. The molecule has 18 heavy (non-hydrogen) atoms. The number of aromatic amines is 2. The summed E-state index contributed by atoms with van der Waals surface area (Å²) in [5, 5.41) is 9.15. The van der Waals surface area contributed by atoms with Gasteiger partial charge in [0, 0.05) is 12.6 Å². The fourth-order valence-corrected chi connectivity index (χ4v) is 1.81. The van der Waals surface area contributed by atoms with Crippen LogP contribution in [0.5, 0.6) is 0 Å². The molecule has 1 aliphatic heterocycles. The number of ether oxygens (including phenoxy) is 1. The molecule has 1 amide bonds. The Morgan fingerprint density at radius 1 is 1.50 bits per heavy atom. The Morgan fingerprint density at radius 2 is 2.28 bits per heavy atom. The van der Waals surface area contributed by atoms with Crippen LogP contribution < -0.4 is 11.2 Å². The van der Waals surface area contributed by atoms with E-state index in [0.29, 0.717) is 13.2 Å². The third kappa shape index (κ3) is 2.49. The van der Waals surface area contributed by atoms with E-state index in [2.05, 4.69) is 4.98 Å². The zero-order valence-corrected chi connectivity index (χ0v) is 9.51. The van der Waals surface area contributed by atoms with E-state index in [4.69, 9.17) is 9.84 Å². The Kier molecular flexibility index (Phi) is 3.58. The Balaban J connectivity index is 2.29. The van der Waals surface area contributed by atoms with Crippen molar-refractivity contribution in [1.29, 1.82) is 0 Å². The Labute approximate surface area is 101 Å². The average Bonchev–Trinajstić information content (AvgIpc) is 2.36. The maximum atomic E-state index is 12.1. The maximum Gasteiger partial charge on any atom is 0.326 e. The molecule has 0 aromatic carbocycles. The molecule has 0 spiro atoms. The zero-order valence-electron chi connectivity index (χ0n) is 9.51. The van der Waals surface area contributed by atoms with Gasteiger partial charge in [0.2, 0.25) is 0 Å². The maximum absolute atomic E-state index is 12.1. The van der Waals surface area contributed by atoms with Gasteiger partial charge in [0.25, 0.3) is 11.5 Å². The third-order valence-corrected chi connectivity index (χ3v) is 2.69. The Bertz CT molecular complexity index is 521. The van der Waals surface area contributed by atoms with Crippen LogP contribution in [0.2, 0.25) is 0 Å². The summed E-state index contributed by atoms with van der Waals surface area (Å²) in [5.41, 5.74) is -1.47. The molecule has 2 rings (SSSR count). The molecule has 1 fully saturated rings. The third-order valence-electron chi connectivity index (χ3n) is 2.69. The lowest BCUT2D eigenvalue weighted by Gasteiger charge is -2.34. The second-order valence-corrected chi connectivity index (χ2v) is 3.91. The first-order valence-corrected chi connectivity index (χ1v) is 5.45. The quantitative estimate of drug-likeness (QED) is 0.559. The fraction of sp³-hybridized carbons (Fsp3) is 0.500. The summed E-state index contributed by atoms with van der Waals surface area (Å²) >= 11 is 0. The molecular weight excluding hydrogens is 242 g/mol. The highest BCUT2D eigenvalue weighted by molar-refractivity contribution is 5.92. The summed E-state index contributed by atoms with van der Waals surface area (Å²) in [4.78, 5) is 40.0. The van der Waals surface area contributed by atoms with E-state index >= 15 is 0 Å². The first-order valence-electron chi connectivity index (χ1n) is 5.45. The molecule has 3 N–H and O–H groups in total. The first kappa shape index (κ1) is 12.5. The highest BCUT2D eigenvalue weighted by atomic mass is 16.5. The van der Waals surface area contributed by atoms with E-state index in [-0.39, 0.29) is 18.9 Å². The molecule has 1 aliphatic rings. The van der Waals surface area contributed by atoms with Crippen molar-refractivity contribution in [3.05, 3.63) is 32.6 Å². The number of hydrogen-bond donors (Lipinski definition) is 3. The van der Waals surface area contributed by atoms with Crippen molar-refractivity contribution < 1.29 is 14.6 Å². The number of nitrogens with zero attached hydrogens (tertiary/aromatic N) is 1. The monoisotopic (exact) mass is 255 g/mol. The van der Waals surface area contributed by atoms with Crippen molar-refractivity contribution in [2.45, 2.75) is 6.04 Å². The van der Waals surface area contributed by atoms with Crippen LogP contribution in [0.25, 0.3) is 0 Å².